The van der Waals surface area contributed by atoms with Crippen LogP contribution in [0.2, 0.25) is 0 Å². The van der Waals surface area contributed by atoms with E-state index in [9.17, 15) is 23.3 Å². The third-order valence-electron chi connectivity index (χ3n) is 2.43. The van der Waals surface area contributed by atoms with Gasteiger partial charge >= 0.3 is 16.1 Å². The molecule has 1 rings (SSSR count). The van der Waals surface area contributed by atoms with Gasteiger partial charge in [-0.1, -0.05) is 0 Å². The molecule has 0 aromatic heterocycles. The number of nitro groups is 1. The van der Waals surface area contributed by atoms with Gasteiger partial charge in [0.2, 0.25) is 11.5 Å². The van der Waals surface area contributed by atoms with Gasteiger partial charge in [0.25, 0.3) is 5.69 Å². The summed E-state index contributed by atoms with van der Waals surface area (Å²) in [6.45, 7) is 0. The van der Waals surface area contributed by atoms with E-state index in [1.54, 1.807) is 0 Å². The summed E-state index contributed by atoms with van der Waals surface area (Å²) in [4.78, 5) is 22.0. The summed E-state index contributed by atoms with van der Waals surface area (Å²) >= 11 is 0. The topological polar surface area (TPSA) is 131 Å². The molecule has 0 bridgehead atoms. The Bertz CT molecular complexity index is 711. The van der Waals surface area contributed by atoms with Crippen molar-refractivity contribution in [3.05, 3.63) is 21.7 Å². The van der Waals surface area contributed by atoms with E-state index in [0.29, 0.717) is 6.26 Å². The highest BCUT2D eigenvalue weighted by Crippen LogP contribution is 2.45. The van der Waals surface area contributed by atoms with Gasteiger partial charge < -0.3 is 18.4 Å². The van der Waals surface area contributed by atoms with Crippen LogP contribution >= 0.6 is 0 Å². The van der Waals surface area contributed by atoms with Gasteiger partial charge in [-0.05, 0) is 0 Å². The second kappa shape index (κ2) is 6.47. The Labute approximate surface area is 125 Å². The Balaban J connectivity index is 3.88. The molecule has 0 aliphatic carbocycles. The third kappa shape index (κ3) is 3.55. The minimum absolute atomic E-state index is 0.180. The SMILES string of the molecule is COC(=O)c1c([N+](=O)[O-])cc(OC)c(OC)c1OS(C)(=O)=O. The first-order valence-electron chi connectivity index (χ1n) is 5.57. The number of ether oxygens (including phenoxy) is 3. The zero-order valence-electron chi connectivity index (χ0n) is 12.1. The van der Waals surface area contributed by atoms with Gasteiger partial charge in [-0.2, -0.15) is 8.42 Å². The highest BCUT2D eigenvalue weighted by atomic mass is 32.2. The van der Waals surface area contributed by atoms with Gasteiger partial charge in [0.15, 0.2) is 11.3 Å². The van der Waals surface area contributed by atoms with Crippen molar-refractivity contribution >= 4 is 21.8 Å². The van der Waals surface area contributed by atoms with Crippen LogP contribution in [0.25, 0.3) is 0 Å². The van der Waals surface area contributed by atoms with Crippen LogP contribution in [0.3, 0.4) is 0 Å². The molecule has 11 heteroatoms. The average molecular weight is 335 g/mol. The molecule has 0 atom stereocenters. The molecule has 0 fully saturated rings. The van der Waals surface area contributed by atoms with Crippen molar-refractivity contribution in [2.24, 2.45) is 0 Å². The molecule has 0 unspecified atom stereocenters. The predicted molar refractivity (Wildman–Crippen MR) is 73.0 cm³/mol. The Hall–Kier alpha value is -2.56. The lowest BCUT2D eigenvalue weighted by Crippen LogP contribution is -2.14. The van der Waals surface area contributed by atoms with E-state index in [0.717, 1.165) is 20.3 Å². The molecule has 122 valence electrons. The zero-order valence-corrected chi connectivity index (χ0v) is 12.9. The fourth-order valence-electron chi connectivity index (χ4n) is 1.62. The largest absolute Gasteiger partial charge is 0.492 e. The monoisotopic (exact) mass is 335 g/mol. The predicted octanol–water partition coefficient (Wildman–Crippen LogP) is 0.737. The van der Waals surface area contributed by atoms with Crippen LogP contribution in [0.4, 0.5) is 5.69 Å². The molecule has 0 aliphatic heterocycles. The van der Waals surface area contributed by atoms with Gasteiger partial charge in [-0.3, -0.25) is 10.1 Å². The van der Waals surface area contributed by atoms with Crippen molar-refractivity contribution in [2.75, 3.05) is 27.6 Å². The normalized spacial score (nSPS) is 10.7. The maximum absolute atomic E-state index is 11.8. The highest BCUT2D eigenvalue weighted by Gasteiger charge is 2.34. The number of nitro benzene ring substituents is 1. The lowest BCUT2D eigenvalue weighted by atomic mass is 10.1. The Morgan fingerprint density at radius 1 is 1.18 bits per heavy atom. The number of hydrogen-bond acceptors (Lipinski definition) is 9. The van der Waals surface area contributed by atoms with Crippen molar-refractivity contribution in [1.82, 2.24) is 0 Å². The lowest BCUT2D eigenvalue weighted by Gasteiger charge is -2.15. The van der Waals surface area contributed by atoms with E-state index in [2.05, 4.69) is 8.92 Å². The second-order valence-corrected chi connectivity index (χ2v) is 5.45. The fourth-order valence-corrected chi connectivity index (χ4v) is 2.08. The Kier molecular flexibility index (Phi) is 5.14. The molecular weight excluding hydrogens is 322 g/mol. The summed E-state index contributed by atoms with van der Waals surface area (Å²) in [5.74, 6) is -2.31. The summed E-state index contributed by atoms with van der Waals surface area (Å²) in [5.41, 5.74) is -1.45. The van der Waals surface area contributed by atoms with Crippen LogP contribution in [-0.2, 0) is 14.9 Å². The third-order valence-corrected chi connectivity index (χ3v) is 2.90. The molecule has 0 amide bonds. The average Bonchev–Trinajstić information content (AvgIpc) is 2.43. The first-order chi connectivity index (χ1) is 10.2. The maximum atomic E-state index is 11.8. The van der Waals surface area contributed by atoms with Crippen LogP contribution in [0.1, 0.15) is 10.4 Å². The molecule has 0 aliphatic rings. The molecule has 0 saturated heterocycles. The summed E-state index contributed by atoms with van der Waals surface area (Å²) < 4.78 is 41.7. The van der Waals surface area contributed by atoms with E-state index in [1.807, 2.05) is 0 Å². The number of rotatable bonds is 6. The highest BCUT2D eigenvalue weighted by molar-refractivity contribution is 7.86. The van der Waals surface area contributed by atoms with E-state index in [4.69, 9.17) is 9.47 Å². The summed E-state index contributed by atoms with van der Waals surface area (Å²) in [6.07, 6.45) is 0.707. The van der Waals surface area contributed by atoms with Crippen molar-refractivity contribution < 1.29 is 36.5 Å². The van der Waals surface area contributed by atoms with Crippen molar-refractivity contribution in [3.8, 4) is 17.2 Å². The summed E-state index contributed by atoms with van der Waals surface area (Å²) in [7, 11) is -0.791. The molecule has 0 saturated carbocycles. The molecule has 1 aromatic carbocycles. The van der Waals surface area contributed by atoms with Gasteiger partial charge in [0.1, 0.15) is 0 Å². The molecule has 10 nitrogen and oxygen atoms in total. The van der Waals surface area contributed by atoms with Crippen molar-refractivity contribution in [1.29, 1.82) is 0 Å². The van der Waals surface area contributed by atoms with Crippen LogP contribution in [0.5, 0.6) is 17.2 Å². The van der Waals surface area contributed by atoms with Crippen LogP contribution in [0, 0.1) is 10.1 Å². The number of carbonyl (C=O) groups is 1. The molecule has 0 heterocycles. The summed E-state index contributed by atoms with van der Waals surface area (Å²) in [5, 5.41) is 11.1. The fraction of sp³-hybridized carbons (Fsp3) is 0.364. The number of hydrogen-bond donors (Lipinski definition) is 0. The van der Waals surface area contributed by atoms with Gasteiger partial charge in [0.05, 0.1) is 38.6 Å². The van der Waals surface area contributed by atoms with Crippen LogP contribution < -0.4 is 13.7 Å². The second-order valence-electron chi connectivity index (χ2n) is 3.87. The van der Waals surface area contributed by atoms with Gasteiger partial charge in [0, 0.05) is 0 Å². The lowest BCUT2D eigenvalue weighted by molar-refractivity contribution is -0.385. The number of carbonyl (C=O) groups excluding carboxylic acids is 1. The maximum Gasteiger partial charge on any atom is 0.348 e. The Morgan fingerprint density at radius 3 is 2.14 bits per heavy atom. The Morgan fingerprint density at radius 2 is 1.77 bits per heavy atom. The minimum Gasteiger partial charge on any atom is -0.492 e. The van der Waals surface area contributed by atoms with Crippen molar-refractivity contribution in [2.45, 2.75) is 0 Å². The minimum atomic E-state index is -4.11. The first-order valence-corrected chi connectivity index (χ1v) is 7.39. The molecule has 0 radical (unpaired) electrons. The standard InChI is InChI=1S/C11H13NO9S/c1-18-7-5-6(12(14)15)8(11(13)20-3)10(9(7)19-2)21-22(4,16)17/h5H,1-4H3. The molecule has 0 spiro atoms. The van der Waals surface area contributed by atoms with E-state index in [-0.39, 0.29) is 11.5 Å². The molecule has 1 aromatic rings. The van der Waals surface area contributed by atoms with Crippen molar-refractivity contribution in [3.63, 3.8) is 0 Å². The smallest absolute Gasteiger partial charge is 0.348 e. The van der Waals surface area contributed by atoms with Gasteiger partial charge in [-0.25, -0.2) is 4.79 Å². The van der Waals surface area contributed by atoms with E-state index >= 15 is 0 Å². The molecular formula is C11H13NO9S. The molecule has 0 N–H and O–H groups in total. The summed E-state index contributed by atoms with van der Waals surface area (Å²) in [6, 6.07) is 0.903. The number of esters is 1. The van der Waals surface area contributed by atoms with E-state index < -0.39 is 38.0 Å². The first kappa shape index (κ1) is 17.5. The van der Waals surface area contributed by atoms with Gasteiger partial charge in [-0.15, -0.1) is 0 Å². The van der Waals surface area contributed by atoms with Crippen LogP contribution in [-0.4, -0.2) is 46.9 Å². The number of nitrogens with zero attached hydrogens (tertiary/aromatic N) is 1. The van der Waals surface area contributed by atoms with E-state index in [1.165, 1.54) is 7.11 Å². The van der Waals surface area contributed by atoms with Crippen LogP contribution in [0.15, 0.2) is 6.07 Å². The number of methoxy groups -OCH3 is 3. The number of benzene rings is 1. The molecule has 22 heavy (non-hydrogen) atoms. The zero-order chi connectivity index (χ0) is 17.1. The quantitative estimate of drug-likeness (QED) is 0.319.